The van der Waals surface area contributed by atoms with E-state index in [0.717, 1.165) is 9.80 Å². The van der Waals surface area contributed by atoms with Crippen molar-refractivity contribution in [1.82, 2.24) is 40.8 Å². The number of aliphatic hydroxyl groups is 1. The minimum atomic E-state index is -1.38. The number of rotatable bonds is 28. The van der Waals surface area contributed by atoms with Gasteiger partial charge in [-0.15, -0.1) is 0 Å². The predicted octanol–water partition coefficient (Wildman–Crippen LogP) is -1.06. The highest BCUT2D eigenvalue weighted by Crippen LogP contribution is 2.35. The fourth-order valence-corrected chi connectivity index (χ4v) is 6.91. The first-order valence-electron chi connectivity index (χ1n) is 20.9. The SMILES string of the molecule is C=O.CCn1nc(C(=O)NCCNC(=O)CN(CO)[C@@H](CCCCNC(=O)c2cccc(C(=O)NCCCC[C@@H](C(=O)O)N(CC(=O)O)CC(=O)O)c2)C(=O)O)c(=O)c2cc3c(cc21)OCO3. The Bertz CT molecular complexity index is 2310. The van der Waals surface area contributed by atoms with Gasteiger partial charge in [0.2, 0.25) is 18.1 Å². The predicted molar refractivity (Wildman–Crippen MR) is 233 cm³/mol. The fourth-order valence-electron chi connectivity index (χ4n) is 6.91. The molecule has 67 heavy (non-hydrogen) atoms. The molecule has 2 aromatic carbocycles. The summed E-state index contributed by atoms with van der Waals surface area (Å²) < 4.78 is 12.2. The van der Waals surface area contributed by atoms with E-state index in [2.05, 4.69) is 26.4 Å². The zero-order chi connectivity index (χ0) is 49.6. The second-order valence-corrected chi connectivity index (χ2v) is 14.7. The maximum Gasteiger partial charge on any atom is 0.321 e. The van der Waals surface area contributed by atoms with Crippen molar-refractivity contribution in [2.45, 2.75) is 64.1 Å². The maximum absolute atomic E-state index is 13.2. The Balaban J connectivity index is 0.00000587. The Kier molecular flexibility index (Phi) is 21.8. The summed E-state index contributed by atoms with van der Waals surface area (Å²) in [6.07, 6.45) is 1.08. The van der Waals surface area contributed by atoms with Crippen molar-refractivity contribution in [2.24, 2.45) is 0 Å². The molecule has 3 aromatic rings. The molecule has 25 heteroatoms. The molecule has 1 aliphatic heterocycles. The fraction of sp³-hybridized carbons (Fsp3) is 0.452. The van der Waals surface area contributed by atoms with Crippen LogP contribution in [0.2, 0.25) is 0 Å². The second-order valence-electron chi connectivity index (χ2n) is 14.7. The number of carbonyl (C=O) groups is 9. The molecule has 4 rings (SSSR count). The number of ether oxygens (including phenoxy) is 2. The number of aromatic nitrogens is 2. The van der Waals surface area contributed by atoms with Gasteiger partial charge in [0.15, 0.2) is 17.2 Å². The molecular weight excluding hydrogens is 889 g/mol. The summed E-state index contributed by atoms with van der Waals surface area (Å²) >= 11 is 0. The molecular formula is C42H54N8O17. The number of amides is 4. The number of nitrogens with one attached hydrogen (secondary N) is 4. The van der Waals surface area contributed by atoms with Crippen LogP contribution < -0.4 is 36.2 Å². The molecule has 9 N–H and O–H groups in total. The summed E-state index contributed by atoms with van der Waals surface area (Å²) in [4.78, 5) is 120. The Morgan fingerprint density at radius 3 is 1.72 bits per heavy atom. The van der Waals surface area contributed by atoms with Gasteiger partial charge in [-0.1, -0.05) is 6.07 Å². The Morgan fingerprint density at radius 1 is 0.701 bits per heavy atom. The van der Waals surface area contributed by atoms with E-state index in [1.807, 2.05) is 6.79 Å². The van der Waals surface area contributed by atoms with E-state index in [0.29, 0.717) is 36.4 Å². The third-order valence-electron chi connectivity index (χ3n) is 10.1. The molecule has 0 saturated carbocycles. The number of carbonyl (C=O) groups excluding carboxylic acids is 5. The lowest BCUT2D eigenvalue weighted by atomic mass is 10.1. The number of hydrogen-bond donors (Lipinski definition) is 9. The normalized spacial score (nSPS) is 12.4. The van der Waals surface area contributed by atoms with Crippen LogP contribution in [0.25, 0.3) is 10.9 Å². The van der Waals surface area contributed by atoms with Crippen LogP contribution in [0.4, 0.5) is 0 Å². The minimum absolute atomic E-state index is 0.00372. The van der Waals surface area contributed by atoms with Crippen molar-refractivity contribution in [3.8, 4) is 11.5 Å². The van der Waals surface area contributed by atoms with E-state index in [-0.39, 0.29) is 80.9 Å². The van der Waals surface area contributed by atoms with Crippen molar-refractivity contribution >= 4 is 65.2 Å². The van der Waals surface area contributed by atoms with Gasteiger partial charge in [0.05, 0.1) is 37.3 Å². The molecule has 2 heterocycles. The van der Waals surface area contributed by atoms with Crippen molar-refractivity contribution in [1.29, 1.82) is 0 Å². The van der Waals surface area contributed by atoms with E-state index in [9.17, 15) is 58.5 Å². The molecule has 0 fully saturated rings. The smallest absolute Gasteiger partial charge is 0.321 e. The number of hydrogen-bond acceptors (Lipinski definition) is 16. The van der Waals surface area contributed by atoms with Gasteiger partial charge in [0, 0.05) is 49.9 Å². The topological polar surface area (TPSA) is 363 Å². The van der Waals surface area contributed by atoms with Crippen LogP contribution in [0, 0.1) is 0 Å². The number of aliphatic carboxylic acids is 4. The lowest BCUT2D eigenvalue weighted by molar-refractivity contribution is -0.150. The summed E-state index contributed by atoms with van der Waals surface area (Å²) in [5, 5.41) is 62.2. The van der Waals surface area contributed by atoms with Crippen LogP contribution in [0.3, 0.4) is 0 Å². The molecule has 0 unspecified atom stereocenters. The van der Waals surface area contributed by atoms with Gasteiger partial charge in [-0.3, -0.25) is 57.6 Å². The van der Waals surface area contributed by atoms with Gasteiger partial charge in [-0.25, -0.2) is 0 Å². The largest absolute Gasteiger partial charge is 0.480 e. The lowest BCUT2D eigenvalue weighted by Gasteiger charge is -2.26. The first-order valence-corrected chi connectivity index (χ1v) is 20.9. The number of benzene rings is 2. The number of carboxylic acids is 4. The summed E-state index contributed by atoms with van der Waals surface area (Å²) in [5.41, 5.74) is -0.192. The number of aryl methyl sites for hydroxylation is 1. The summed E-state index contributed by atoms with van der Waals surface area (Å²) in [6, 6.07) is 6.32. The van der Waals surface area contributed by atoms with Gasteiger partial charge in [-0.05, 0) is 69.7 Å². The number of carboxylic acid groups (broad SMARTS) is 4. The quantitative estimate of drug-likeness (QED) is 0.0309. The van der Waals surface area contributed by atoms with Crippen LogP contribution in [0.15, 0.2) is 41.2 Å². The Labute approximate surface area is 382 Å². The monoisotopic (exact) mass is 942 g/mol. The number of aliphatic hydroxyl groups excluding tert-OH is 1. The summed E-state index contributed by atoms with van der Waals surface area (Å²) in [7, 11) is 0. The van der Waals surface area contributed by atoms with E-state index in [1.54, 1.807) is 13.0 Å². The first-order chi connectivity index (χ1) is 32.0. The van der Waals surface area contributed by atoms with Crippen molar-refractivity contribution in [3.05, 3.63) is 63.4 Å². The number of nitrogens with zero attached hydrogens (tertiary/aromatic N) is 4. The average molecular weight is 943 g/mol. The Hall–Kier alpha value is -7.51. The Morgan fingerprint density at radius 2 is 1.21 bits per heavy atom. The zero-order valence-electron chi connectivity index (χ0n) is 36.6. The van der Waals surface area contributed by atoms with Gasteiger partial charge in [0.1, 0.15) is 18.9 Å². The molecule has 2 atom stereocenters. The molecule has 0 aliphatic carbocycles. The first kappa shape index (κ1) is 53.8. The molecule has 4 amide bonds. The highest BCUT2D eigenvalue weighted by molar-refractivity contribution is 5.99. The van der Waals surface area contributed by atoms with Crippen LogP contribution in [-0.4, -0.2) is 171 Å². The molecule has 1 aliphatic rings. The second kappa shape index (κ2) is 27.1. The maximum atomic E-state index is 13.2. The van der Waals surface area contributed by atoms with Gasteiger partial charge in [0.25, 0.3) is 17.7 Å². The molecule has 364 valence electrons. The van der Waals surface area contributed by atoms with E-state index >= 15 is 0 Å². The van der Waals surface area contributed by atoms with E-state index in [4.69, 9.17) is 24.5 Å². The van der Waals surface area contributed by atoms with Crippen LogP contribution >= 0.6 is 0 Å². The van der Waals surface area contributed by atoms with Crippen molar-refractivity contribution in [2.75, 3.05) is 59.3 Å². The summed E-state index contributed by atoms with van der Waals surface area (Å²) in [6.45, 7) is 1.40. The van der Waals surface area contributed by atoms with Gasteiger partial charge in [-0.2, -0.15) is 5.10 Å². The highest BCUT2D eigenvalue weighted by atomic mass is 16.7. The van der Waals surface area contributed by atoms with Crippen LogP contribution in [0.1, 0.15) is 76.7 Å². The van der Waals surface area contributed by atoms with E-state index < -0.39 is 91.4 Å². The third-order valence-corrected chi connectivity index (χ3v) is 10.1. The average Bonchev–Trinajstić information content (AvgIpc) is 3.76. The summed E-state index contributed by atoms with van der Waals surface area (Å²) in [5.74, 6) is -7.04. The third kappa shape index (κ3) is 16.2. The number of unbranched alkanes of at least 4 members (excludes halogenated alkanes) is 2. The molecule has 0 saturated heterocycles. The molecule has 0 radical (unpaired) electrons. The van der Waals surface area contributed by atoms with Gasteiger partial charge >= 0.3 is 23.9 Å². The van der Waals surface area contributed by atoms with Crippen molar-refractivity contribution < 1.29 is 78.2 Å². The van der Waals surface area contributed by atoms with Gasteiger partial charge < -0.3 is 61.1 Å². The lowest BCUT2D eigenvalue weighted by Crippen LogP contribution is -2.48. The van der Waals surface area contributed by atoms with E-state index in [1.165, 1.54) is 35.0 Å². The number of fused-ring (bicyclic) bond motifs is 2. The minimum Gasteiger partial charge on any atom is -0.480 e. The zero-order valence-corrected chi connectivity index (χ0v) is 36.6. The molecule has 25 nitrogen and oxygen atoms in total. The molecule has 0 spiro atoms. The highest BCUT2D eigenvalue weighted by Gasteiger charge is 2.29. The van der Waals surface area contributed by atoms with Crippen molar-refractivity contribution in [3.63, 3.8) is 0 Å². The van der Waals surface area contributed by atoms with Crippen LogP contribution in [0.5, 0.6) is 11.5 Å². The standard InChI is InChI=1S/C41H52N8O16.CH2O/c1-2-49-29-18-31-30(64-23-65-31)17-26(29)36(56)35(46-49)39(59)45-15-14-42-32(51)19-48(22-50)28(41(62)63)11-4-6-13-44-38(58)25-9-7-8-24(16-25)37(57)43-12-5-3-10-27(40(60)61)47(20-33(52)53)21-34(54)55;1-2/h7-9,16-18,27-28,50H,2-6,10-15,19-23H2,1H3,(H,42,51)(H,43,57)(H,44,58)(H,45,59)(H,52,53)(H,54,55)(H,60,61)(H,62,63);1H2/t27-,28-;/m0./s1. The molecule has 1 aromatic heterocycles. The molecule has 0 bridgehead atoms. The van der Waals surface area contributed by atoms with Crippen LogP contribution in [-0.2, 0) is 35.3 Å².